The van der Waals surface area contributed by atoms with E-state index in [1.807, 2.05) is 0 Å². The zero-order valence-corrected chi connectivity index (χ0v) is 8.99. The van der Waals surface area contributed by atoms with Crippen molar-refractivity contribution in [2.24, 2.45) is 0 Å². The van der Waals surface area contributed by atoms with Crippen molar-refractivity contribution in [1.29, 1.82) is 0 Å². The van der Waals surface area contributed by atoms with Crippen LogP contribution in [0.25, 0.3) is 0 Å². The number of aliphatic hydroxyl groups is 2. The second-order valence-electron chi connectivity index (χ2n) is 1.91. The molecule has 2 N–H and O–H groups in total. The van der Waals surface area contributed by atoms with Gasteiger partial charge in [0.25, 0.3) is 0 Å². The van der Waals surface area contributed by atoms with Crippen LogP contribution < -0.4 is 0 Å². The van der Waals surface area contributed by atoms with Crippen LogP contribution >= 0.6 is 0 Å². The van der Waals surface area contributed by atoms with Gasteiger partial charge in [0, 0.05) is 14.2 Å². The Morgan fingerprint density at radius 3 is 1.50 bits per heavy atom. The van der Waals surface area contributed by atoms with E-state index in [4.69, 9.17) is 10.2 Å². The average molecular weight is 232 g/mol. The zero-order chi connectivity index (χ0) is 11.4. The van der Waals surface area contributed by atoms with E-state index in [0.29, 0.717) is 0 Å². The molecular weight excluding hydrogens is 216 g/mol. The first-order chi connectivity index (χ1) is 6.54. The molecule has 14 heavy (non-hydrogen) atoms. The first kappa shape index (κ1) is 16.2. The Morgan fingerprint density at radius 1 is 1.00 bits per heavy atom. The van der Waals surface area contributed by atoms with Crippen LogP contribution in [0.5, 0.6) is 0 Å². The van der Waals surface area contributed by atoms with E-state index in [2.05, 4.69) is 13.1 Å². The molecular formula is C6H16O7S. The highest BCUT2D eigenvalue weighted by atomic mass is 32.3. The molecule has 0 amide bonds. The Balaban J connectivity index is 0. The summed E-state index contributed by atoms with van der Waals surface area (Å²) in [5, 5.41) is 16.3. The van der Waals surface area contributed by atoms with Crippen LogP contribution in [0.15, 0.2) is 0 Å². The minimum atomic E-state index is -4.03. The van der Waals surface area contributed by atoms with E-state index in [9.17, 15) is 8.42 Å². The van der Waals surface area contributed by atoms with E-state index in [1.54, 1.807) is 14.2 Å². The predicted molar refractivity (Wildman–Crippen MR) is 47.9 cm³/mol. The molecule has 0 bridgehead atoms. The molecule has 0 spiro atoms. The second kappa shape index (κ2) is 10.8. The molecule has 8 heteroatoms. The number of hydrogen-bond acceptors (Lipinski definition) is 7. The van der Waals surface area contributed by atoms with Gasteiger partial charge in [0.05, 0.1) is 26.4 Å². The van der Waals surface area contributed by atoms with Crippen molar-refractivity contribution in [3.05, 3.63) is 0 Å². The molecule has 0 atom stereocenters. The monoisotopic (exact) mass is 232 g/mol. The van der Waals surface area contributed by atoms with Gasteiger partial charge < -0.3 is 14.9 Å². The fraction of sp³-hybridized carbons (Fsp3) is 1.00. The number of ether oxygens (including phenoxy) is 1. The molecule has 0 aromatic carbocycles. The van der Waals surface area contributed by atoms with Crippen molar-refractivity contribution >= 4 is 10.4 Å². The number of hydrogen-bond donors (Lipinski definition) is 2. The maximum Gasteiger partial charge on any atom is 0.400 e. The van der Waals surface area contributed by atoms with Crippen molar-refractivity contribution in [3.8, 4) is 0 Å². The molecule has 0 aromatic heterocycles. The van der Waals surface area contributed by atoms with Crippen LogP contribution in [-0.4, -0.2) is 59.3 Å². The van der Waals surface area contributed by atoms with Gasteiger partial charge in [0.15, 0.2) is 0 Å². The molecule has 0 rings (SSSR count). The molecule has 0 aliphatic carbocycles. The van der Waals surface area contributed by atoms with Crippen molar-refractivity contribution in [2.75, 3.05) is 40.6 Å². The van der Waals surface area contributed by atoms with Crippen molar-refractivity contribution in [3.63, 3.8) is 0 Å². The Kier molecular flexibility index (Phi) is 12.5. The molecule has 0 saturated heterocycles. The molecule has 0 fully saturated rings. The second-order valence-corrected chi connectivity index (χ2v) is 3.20. The average Bonchev–Trinajstić information content (AvgIpc) is 2.13. The van der Waals surface area contributed by atoms with Crippen LogP contribution in [-0.2, 0) is 23.5 Å². The molecule has 0 radical (unpaired) electrons. The van der Waals surface area contributed by atoms with E-state index < -0.39 is 23.6 Å². The summed E-state index contributed by atoms with van der Waals surface area (Å²) in [4.78, 5) is 0. The standard InChI is InChI=1S/C4H10O6S.C2H6O/c5-1-3-9-11(7,8)10-4-2-6;1-3-2/h5-6H,1-4H2;1-2H3. The maximum absolute atomic E-state index is 10.5. The predicted octanol–water partition coefficient (Wildman–Crippen LogP) is -1.49. The Hall–Kier alpha value is -0.250. The van der Waals surface area contributed by atoms with E-state index in [-0.39, 0.29) is 13.2 Å². The molecule has 0 aliphatic rings. The van der Waals surface area contributed by atoms with Gasteiger partial charge in [-0.1, -0.05) is 0 Å². The fourth-order valence-electron chi connectivity index (χ4n) is 0.313. The third-order valence-corrected chi connectivity index (χ3v) is 1.55. The highest BCUT2D eigenvalue weighted by Crippen LogP contribution is 1.93. The normalized spacial score (nSPS) is 10.6. The maximum atomic E-state index is 10.5. The molecule has 0 heterocycles. The Bertz CT molecular complexity index is 174. The highest BCUT2D eigenvalue weighted by molar-refractivity contribution is 7.81. The zero-order valence-electron chi connectivity index (χ0n) is 8.17. The third-order valence-electron chi connectivity index (χ3n) is 0.638. The topological polar surface area (TPSA) is 102 Å². The molecule has 0 aromatic rings. The Labute approximate surface area is 83.5 Å². The molecule has 0 aliphatic heterocycles. The first-order valence-electron chi connectivity index (χ1n) is 3.69. The van der Waals surface area contributed by atoms with Gasteiger partial charge in [-0.25, -0.2) is 8.37 Å². The van der Waals surface area contributed by atoms with Crippen LogP contribution in [0, 0.1) is 0 Å². The third kappa shape index (κ3) is 14.3. The lowest BCUT2D eigenvalue weighted by molar-refractivity contribution is 0.148. The van der Waals surface area contributed by atoms with Gasteiger partial charge in [-0.3, -0.25) is 0 Å². The summed E-state index contributed by atoms with van der Waals surface area (Å²) in [5.41, 5.74) is 0. The van der Waals surface area contributed by atoms with Crippen LogP contribution in [0.4, 0.5) is 0 Å². The summed E-state index contributed by atoms with van der Waals surface area (Å²) in [7, 11) is -0.776. The fourth-order valence-corrected chi connectivity index (χ4v) is 0.938. The Morgan fingerprint density at radius 2 is 1.29 bits per heavy atom. The molecule has 0 unspecified atom stereocenters. The summed E-state index contributed by atoms with van der Waals surface area (Å²) in [6, 6.07) is 0. The van der Waals surface area contributed by atoms with Crippen molar-refractivity contribution in [2.45, 2.75) is 0 Å². The van der Waals surface area contributed by atoms with E-state index in [1.165, 1.54) is 0 Å². The lowest BCUT2D eigenvalue weighted by Crippen LogP contribution is -2.14. The summed E-state index contributed by atoms with van der Waals surface area (Å²) in [6.45, 7) is -1.48. The first-order valence-corrected chi connectivity index (χ1v) is 5.03. The van der Waals surface area contributed by atoms with Gasteiger partial charge in [0.2, 0.25) is 0 Å². The van der Waals surface area contributed by atoms with Gasteiger partial charge in [-0.05, 0) is 0 Å². The molecule has 7 nitrogen and oxygen atoms in total. The summed E-state index contributed by atoms with van der Waals surface area (Å²) in [5.74, 6) is 0. The van der Waals surface area contributed by atoms with Crippen molar-refractivity contribution < 1.29 is 31.7 Å². The summed E-state index contributed by atoms with van der Waals surface area (Å²) in [6.07, 6.45) is 0. The van der Waals surface area contributed by atoms with Crippen LogP contribution in [0.2, 0.25) is 0 Å². The van der Waals surface area contributed by atoms with Gasteiger partial charge in [0.1, 0.15) is 0 Å². The minimum absolute atomic E-state index is 0.340. The lowest BCUT2D eigenvalue weighted by Gasteiger charge is -2.01. The van der Waals surface area contributed by atoms with Gasteiger partial charge >= 0.3 is 10.4 Å². The number of methoxy groups -OCH3 is 1. The molecule has 88 valence electrons. The van der Waals surface area contributed by atoms with Crippen molar-refractivity contribution in [1.82, 2.24) is 0 Å². The largest absolute Gasteiger partial charge is 0.400 e. The van der Waals surface area contributed by atoms with Crippen LogP contribution in [0.3, 0.4) is 0 Å². The van der Waals surface area contributed by atoms with Gasteiger partial charge in [-0.2, -0.15) is 8.42 Å². The van der Waals surface area contributed by atoms with Gasteiger partial charge in [-0.15, -0.1) is 0 Å². The smallest absolute Gasteiger partial charge is 0.394 e. The summed E-state index contributed by atoms with van der Waals surface area (Å²) >= 11 is 0. The molecule has 0 saturated carbocycles. The quantitative estimate of drug-likeness (QED) is 0.575. The minimum Gasteiger partial charge on any atom is -0.394 e. The lowest BCUT2D eigenvalue weighted by atomic mass is 10.8. The summed E-state index contributed by atoms with van der Waals surface area (Å²) < 4.78 is 33.4. The van der Waals surface area contributed by atoms with E-state index >= 15 is 0 Å². The number of aliphatic hydroxyl groups excluding tert-OH is 2. The van der Waals surface area contributed by atoms with Crippen LogP contribution in [0.1, 0.15) is 0 Å². The highest BCUT2D eigenvalue weighted by Gasteiger charge is 2.09. The SMILES string of the molecule is COC.O=S(=O)(OCCO)OCCO. The number of rotatable bonds is 6. The van der Waals surface area contributed by atoms with E-state index in [0.717, 1.165) is 0 Å².